The van der Waals surface area contributed by atoms with Gasteiger partial charge in [-0.15, -0.1) is 0 Å². The van der Waals surface area contributed by atoms with Gasteiger partial charge in [-0.1, -0.05) is 18.2 Å². The van der Waals surface area contributed by atoms with Crippen LogP contribution in [0.5, 0.6) is 5.75 Å². The largest absolute Gasteiger partial charge is 0.496 e. The zero-order valence-electron chi connectivity index (χ0n) is 26.9. The van der Waals surface area contributed by atoms with Crippen molar-refractivity contribution in [3.05, 3.63) is 94.1 Å². The molecule has 2 fully saturated rings. The highest BCUT2D eigenvalue weighted by Crippen LogP contribution is 2.56. The lowest BCUT2D eigenvalue weighted by atomic mass is 9.82. The maximum Gasteiger partial charge on any atom is 0.433 e. The number of benzene rings is 2. The Labute approximate surface area is 288 Å². The number of alkyl halides is 9. The zero-order valence-corrected chi connectivity index (χ0v) is 26.9. The second-order valence-electron chi connectivity index (χ2n) is 12.7. The number of hydrogen-bond acceptors (Lipinski definition) is 5. The van der Waals surface area contributed by atoms with Gasteiger partial charge in [0.05, 0.1) is 36.0 Å². The number of methoxy groups -OCH3 is 1. The van der Waals surface area contributed by atoms with Gasteiger partial charge in [-0.2, -0.15) is 39.5 Å². The summed E-state index contributed by atoms with van der Waals surface area (Å²) in [4.78, 5) is 29.5. The average Bonchev–Trinajstić information content (AvgIpc) is 3.80. The van der Waals surface area contributed by atoms with E-state index < -0.39 is 89.5 Å². The van der Waals surface area contributed by atoms with E-state index >= 15 is 4.39 Å². The third-order valence-corrected chi connectivity index (χ3v) is 9.45. The summed E-state index contributed by atoms with van der Waals surface area (Å²) in [5.74, 6) is -3.80. The fraction of sp³-hybridized carbons (Fsp3) is 0.343. The fourth-order valence-electron chi connectivity index (χ4n) is 6.83. The van der Waals surface area contributed by atoms with Crippen molar-refractivity contribution < 1.29 is 68.1 Å². The molecule has 2 heterocycles. The van der Waals surface area contributed by atoms with Crippen LogP contribution in [0.25, 0.3) is 22.3 Å². The van der Waals surface area contributed by atoms with Crippen molar-refractivity contribution in [1.82, 2.24) is 9.88 Å². The summed E-state index contributed by atoms with van der Waals surface area (Å²) >= 11 is 0. The van der Waals surface area contributed by atoms with E-state index in [2.05, 4.69) is 4.98 Å². The van der Waals surface area contributed by atoms with E-state index in [1.54, 1.807) is 0 Å². The highest BCUT2D eigenvalue weighted by molar-refractivity contribution is 5.89. The molecule has 1 aromatic heterocycles. The Hall–Kier alpha value is -5.09. The van der Waals surface area contributed by atoms with Crippen LogP contribution in [-0.2, 0) is 17.5 Å². The number of halogens is 10. The van der Waals surface area contributed by atoms with E-state index in [0.29, 0.717) is 17.7 Å². The Morgan fingerprint density at radius 3 is 2.17 bits per heavy atom. The van der Waals surface area contributed by atoms with E-state index in [4.69, 9.17) is 9.47 Å². The van der Waals surface area contributed by atoms with Gasteiger partial charge in [-0.3, -0.25) is 4.90 Å². The number of hydrogen-bond donors (Lipinski definition) is 1. The lowest BCUT2D eigenvalue weighted by Crippen LogP contribution is -2.42. The summed E-state index contributed by atoms with van der Waals surface area (Å²) in [6.45, 7) is 0.800. The third-order valence-electron chi connectivity index (χ3n) is 9.45. The molecule has 6 rings (SSSR count). The quantitative estimate of drug-likeness (QED) is 0.243. The third kappa shape index (κ3) is 6.67. The number of nitrogens with zero attached hydrogens (tertiary/aromatic N) is 2. The number of carbonyl (C=O) groups is 2. The number of rotatable bonds is 7. The van der Waals surface area contributed by atoms with E-state index in [9.17, 15) is 54.2 Å². The van der Waals surface area contributed by atoms with Crippen LogP contribution in [-0.4, -0.2) is 58.2 Å². The number of aromatic carboxylic acids is 1. The monoisotopic (exact) mass is 744 g/mol. The van der Waals surface area contributed by atoms with Gasteiger partial charge >= 0.3 is 30.6 Å². The number of amides is 1. The van der Waals surface area contributed by atoms with Crippen LogP contribution in [0.15, 0.2) is 65.8 Å². The van der Waals surface area contributed by atoms with Crippen LogP contribution >= 0.6 is 0 Å². The molecule has 7 nitrogen and oxygen atoms in total. The van der Waals surface area contributed by atoms with Crippen LogP contribution < -0.4 is 4.74 Å². The standard InChI is InChI=1S/C35H26F10N2O5/c1-16-9-17(30(48)49)3-4-21(16)23-13-24(27(51-2)14-25(23)36)22-5-6-28(35(43,44)45)46-26(22)15-47-31(50)52-29(32(47)7-8-32)18-10-19(33(37,38)39)12-20(11-18)34(40,41)42/h3-6,9-10,12-14,18,29H,7-8,11,15H2,1-2H3,(H,48,49)/t18?,29-/m1/s1. The summed E-state index contributed by atoms with van der Waals surface area (Å²) < 4.78 is 150. The maximum atomic E-state index is 15.5. The smallest absolute Gasteiger partial charge is 0.433 e. The lowest BCUT2D eigenvalue weighted by molar-refractivity contribution is -0.141. The Kier molecular flexibility index (Phi) is 8.85. The number of allylic oxidation sites excluding steroid dienone is 3. The Morgan fingerprint density at radius 1 is 0.942 bits per heavy atom. The van der Waals surface area contributed by atoms with E-state index in [-0.39, 0.29) is 52.5 Å². The molecule has 3 aromatic rings. The fourth-order valence-corrected chi connectivity index (χ4v) is 6.83. The number of pyridine rings is 1. The first kappa shape index (κ1) is 36.7. The van der Waals surface area contributed by atoms with Crippen LogP contribution in [0.1, 0.15) is 46.6 Å². The highest BCUT2D eigenvalue weighted by atomic mass is 19.4. The zero-order chi connectivity index (χ0) is 38.1. The van der Waals surface area contributed by atoms with Gasteiger partial charge in [0.15, 0.2) is 0 Å². The van der Waals surface area contributed by atoms with Crippen LogP contribution in [0.2, 0.25) is 0 Å². The van der Waals surface area contributed by atoms with Gasteiger partial charge in [-0.05, 0) is 67.7 Å². The Bertz CT molecular complexity index is 2030. The van der Waals surface area contributed by atoms with Crippen LogP contribution in [0.4, 0.5) is 48.7 Å². The van der Waals surface area contributed by atoms with Gasteiger partial charge in [0, 0.05) is 34.2 Å². The minimum atomic E-state index is -5.16. The van der Waals surface area contributed by atoms with E-state index in [1.807, 2.05) is 0 Å². The molecule has 1 aliphatic heterocycles. The van der Waals surface area contributed by atoms with Crippen molar-refractivity contribution in [2.75, 3.05) is 7.11 Å². The molecular formula is C35H26F10N2O5. The first-order valence-electron chi connectivity index (χ1n) is 15.5. The SMILES string of the molecule is COc1cc(F)c(-c2ccc(C(=O)O)cc2C)cc1-c1ccc(C(F)(F)F)nc1CN1C(=O)O[C@H](C2C=C(C(F)(F)F)C=C(C(F)(F)F)C2)C12CC2. The van der Waals surface area contributed by atoms with Crippen molar-refractivity contribution in [2.45, 2.75) is 62.9 Å². The molecule has 3 aliphatic rings. The summed E-state index contributed by atoms with van der Waals surface area (Å²) in [5.41, 5.74) is -5.96. The predicted octanol–water partition coefficient (Wildman–Crippen LogP) is 9.44. The van der Waals surface area contributed by atoms with Gasteiger partial charge in [0.2, 0.25) is 0 Å². The molecule has 1 N–H and O–H groups in total. The van der Waals surface area contributed by atoms with Crippen LogP contribution in [0, 0.1) is 18.7 Å². The van der Waals surface area contributed by atoms with E-state index in [1.165, 1.54) is 38.3 Å². The molecule has 1 spiro atoms. The van der Waals surface area contributed by atoms with Crippen molar-refractivity contribution >= 4 is 12.1 Å². The molecule has 1 amide bonds. The molecule has 0 bridgehead atoms. The first-order chi connectivity index (χ1) is 24.1. The number of carboxylic acid groups (broad SMARTS) is 1. The predicted molar refractivity (Wildman–Crippen MR) is 162 cm³/mol. The van der Waals surface area contributed by atoms with Gasteiger partial charge in [0.25, 0.3) is 0 Å². The maximum absolute atomic E-state index is 15.5. The lowest BCUT2D eigenvalue weighted by Gasteiger charge is -2.31. The number of ether oxygens (including phenoxy) is 2. The number of cyclic esters (lactones) is 1. The number of carbonyl (C=O) groups excluding carboxylic acids is 1. The second-order valence-corrected chi connectivity index (χ2v) is 12.7. The first-order valence-corrected chi connectivity index (χ1v) is 15.5. The summed E-state index contributed by atoms with van der Waals surface area (Å²) in [7, 11) is 1.17. The molecule has 52 heavy (non-hydrogen) atoms. The average molecular weight is 745 g/mol. The Morgan fingerprint density at radius 2 is 1.62 bits per heavy atom. The molecule has 1 saturated carbocycles. The van der Waals surface area contributed by atoms with Crippen molar-refractivity contribution in [3.8, 4) is 28.0 Å². The molecule has 1 saturated heterocycles. The highest BCUT2D eigenvalue weighted by Gasteiger charge is 2.65. The van der Waals surface area contributed by atoms with Gasteiger partial charge < -0.3 is 14.6 Å². The Balaban J connectivity index is 1.43. The summed E-state index contributed by atoms with van der Waals surface area (Å²) in [6.07, 6.45) is -18.2. The summed E-state index contributed by atoms with van der Waals surface area (Å²) in [6, 6.07) is 7.74. The summed E-state index contributed by atoms with van der Waals surface area (Å²) in [5, 5.41) is 9.34. The molecule has 2 aliphatic carbocycles. The minimum Gasteiger partial charge on any atom is -0.496 e. The molecule has 1 unspecified atom stereocenters. The molecule has 2 aromatic carbocycles. The number of aryl methyl sites for hydroxylation is 1. The molecule has 276 valence electrons. The second kappa shape index (κ2) is 12.5. The van der Waals surface area contributed by atoms with Gasteiger partial charge in [0.1, 0.15) is 23.4 Å². The van der Waals surface area contributed by atoms with Crippen molar-refractivity contribution in [2.24, 2.45) is 5.92 Å². The molecule has 2 atom stereocenters. The van der Waals surface area contributed by atoms with E-state index in [0.717, 1.165) is 17.0 Å². The number of carboxylic acids is 1. The normalized spacial score (nSPS) is 20.1. The molecular weight excluding hydrogens is 718 g/mol. The van der Waals surface area contributed by atoms with Crippen molar-refractivity contribution in [1.29, 1.82) is 0 Å². The minimum absolute atomic E-state index is 0.00418. The molecule has 17 heteroatoms. The van der Waals surface area contributed by atoms with Gasteiger partial charge in [-0.25, -0.2) is 19.0 Å². The topological polar surface area (TPSA) is 89.0 Å². The number of aromatic nitrogens is 1. The van der Waals surface area contributed by atoms with Crippen LogP contribution in [0.3, 0.4) is 0 Å². The molecule has 0 radical (unpaired) electrons. The van der Waals surface area contributed by atoms with Crippen molar-refractivity contribution in [3.63, 3.8) is 0 Å².